The molecule has 0 bridgehead atoms. The van der Waals surface area contributed by atoms with E-state index in [-0.39, 0.29) is 16.3 Å². The van der Waals surface area contributed by atoms with Crippen LogP contribution in [0, 0.1) is 0 Å². The summed E-state index contributed by atoms with van der Waals surface area (Å²) >= 11 is 0. The molecule has 0 saturated carbocycles. The number of aromatic hydroxyl groups is 1. The van der Waals surface area contributed by atoms with Crippen molar-refractivity contribution in [1.29, 1.82) is 0 Å². The fourth-order valence-electron chi connectivity index (χ4n) is 2.57. The second-order valence-corrected chi connectivity index (χ2v) is 7.48. The predicted molar refractivity (Wildman–Crippen MR) is 101 cm³/mol. The van der Waals surface area contributed by atoms with Gasteiger partial charge in [0.15, 0.2) is 0 Å². The molecule has 0 atom stereocenters. The molecule has 0 heterocycles. The molecule has 3 rings (SSSR count). The standard InChI is InChI=1S/C20H19NO4S/c1-25-17-8-10-18(11-9-17)26(23,24)21-19-14-16(7-12-20(19)22)13-15-5-3-2-4-6-15/h2-12,14,21-22H,13H2,1H3. The van der Waals surface area contributed by atoms with Gasteiger partial charge in [0, 0.05) is 0 Å². The highest BCUT2D eigenvalue weighted by Gasteiger charge is 2.16. The lowest BCUT2D eigenvalue weighted by atomic mass is 10.0. The maximum absolute atomic E-state index is 12.6. The Labute approximate surface area is 152 Å². The number of hydrogen-bond acceptors (Lipinski definition) is 4. The quantitative estimate of drug-likeness (QED) is 0.648. The minimum atomic E-state index is -3.82. The molecule has 0 amide bonds. The van der Waals surface area contributed by atoms with E-state index in [1.807, 2.05) is 30.3 Å². The van der Waals surface area contributed by atoms with Crippen LogP contribution in [0.5, 0.6) is 11.5 Å². The van der Waals surface area contributed by atoms with Crippen LogP contribution in [-0.2, 0) is 16.4 Å². The molecule has 134 valence electrons. The summed E-state index contributed by atoms with van der Waals surface area (Å²) in [6.45, 7) is 0. The van der Waals surface area contributed by atoms with Gasteiger partial charge in [0.25, 0.3) is 10.0 Å². The number of nitrogens with one attached hydrogen (secondary N) is 1. The zero-order chi connectivity index (χ0) is 18.6. The molecule has 3 aromatic carbocycles. The summed E-state index contributed by atoms with van der Waals surface area (Å²) in [5, 5.41) is 10.0. The van der Waals surface area contributed by atoms with Gasteiger partial charge < -0.3 is 9.84 Å². The number of phenolic OH excluding ortho intramolecular Hbond substituents is 1. The molecule has 0 radical (unpaired) electrons. The third-order valence-electron chi connectivity index (χ3n) is 3.93. The highest BCUT2D eigenvalue weighted by atomic mass is 32.2. The van der Waals surface area contributed by atoms with E-state index >= 15 is 0 Å². The maximum atomic E-state index is 12.6. The van der Waals surface area contributed by atoms with Crippen LogP contribution in [0.2, 0.25) is 0 Å². The second kappa shape index (κ2) is 7.49. The monoisotopic (exact) mass is 369 g/mol. The largest absolute Gasteiger partial charge is 0.506 e. The van der Waals surface area contributed by atoms with Gasteiger partial charge in [0.2, 0.25) is 0 Å². The van der Waals surface area contributed by atoms with Crippen molar-refractivity contribution in [3.8, 4) is 11.5 Å². The van der Waals surface area contributed by atoms with Gasteiger partial charge in [-0.15, -0.1) is 0 Å². The highest BCUT2D eigenvalue weighted by molar-refractivity contribution is 7.92. The van der Waals surface area contributed by atoms with Crippen LogP contribution in [0.25, 0.3) is 0 Å². The number of rotatable bonds is 6. The summed E-state index contributed by atoms with van der Waals surface area (Å²) in [7, 11) is -2.30. The molecule has 0 fully saturated rings. The Morgan fingerprint density at radius 1 is 0.923 bits per heavy atom. The lowest BCUT2D eigenvalue weighted by Crippen LogP contribution is -2.13. The third kappa shape index (κ3) is 4.15. The smallest absolute Gasteiger partial charge is 0.262 e. The minimum absolute atomic E-state index is 0.0890. The first-order valence-corrected chi connectivity index (χ1v) is 9.49. The zero-order valence-corrected chi connectivity index (χ0v) is 15.0. The SMILES string of the molecule is COc1ccc(S(=O)(=O)Nc2cc(Cc3ccccc3)ccc2O)cc1. The molecule has 6 heteroatoms. The van der Waals surface area contributed by atoms with Gasteiger partial charge in [0.1, 0.15) is 11.5 Å². The number of ether oxygens (including phenoxy) is 1. The van der Waals surface area contributed by atoms with Crippen molar-refractivity contribution >= 4 is 15.7 Å². The molecule has 0 aliphatic rings. The predicted octanol–water partition coefficient (Wildman–Crippen LogP) is 3.79. The van der Waals surface area contributed by atoms with Gasteiger partial charge >= 0.3 is 0 Å². The number of sulfonamides is 1. The van der Waals surface area contributed by atoms with Gasteiger partial charge in [-0.2, -0.15) is 0 Å². The molecule has 0 spiro atoms. The van der Waals surface area contributed by atoms with E-state index in [0.717, 1.165) is 11.1 Å². The molecule has 2 N–H and O–H groups in total. The summed E-state index contributed by atoms with van der Waals surface area (Å²) in [6.07, 6.45) is 0.637. The first-order valence-electron chi connectivity index (χ1n) is 8.00. The van der Waals surface area contributed by atoms with Gasteiger partial charge in [0.05, 0.1) is 17.7 Å². The summed E-state index contributed by atoms with van der Waals surface area (Å²) in [5.41, 5.74) is 2.14. The van der Waals surface area contributed by atoms with E-state index in [0.29, 0.717) is 12.2 Å². The molecule has 0 aromatic heterocycles. The van der Waals surface area contributed by atoms with Crippen LogP contribution in [0.4, 0.5) is 5.69 Å². The van der Waals surface area contributed by atoms with Crippen molar-refractivity contribution in [2.75, 3.05) is 11.8 Å². The number of hydrogen-bond donors (Lipinski definition) is 2. The Hall–Kier alpha value is -2.99. The van der Waals surface area contributed by atoms with E-state index < -0.39 is 10.0 Å². The Kier molecular flexibility index (Phi) is 5.14. The molecule has 3 aromatic rings. The van der Waals surface area contributed by atoms with Crippen LogP contribution < -0.4 is 9.46 Å². The van der Waals surface area contributed by atoms with Crippen LogP contribution >= 0.6 is 0 Å². The fraction of sp³-hybridized carbons (Fsp3) is 0.100. The Morgan fingerprint density at radius 3 is 2.27 bits per heavy atom. The molecule has 0 aliphatic carbocycles. The van der Waals surface area contributed by atoms with E-state index in [1.165, 1.54) is 25.3 Å². The topological polar surface area (TPSA) is 75.6 Å². The van der Waals surface area contributed by atoms with Crippen molar-refractivity contribution < 1.29 is 18.3 Å². The third-order valence-corrected chi connectivity index (χ3v) is 5.31. The highest BCUT2D eigenvalue weighted by Crippen LogP contribution is 2.28. The zero-order valence-electron chi connectivity index (χ0n) is 14.2. The van der Waals surface area contributed by atoms with Crippen LogP contribution in [0.1, 0.15) is 11.1 Å². The fourth-order valence-corrected chi connectivity index (χ4v) is 3.63. The molecule has 0 aliphatic heterocycles. The maximum Gasteiger partial charge on any atom is 0.262 e. The first-order chi connectivity index (χ1) is 12.5. The van der Waals surface area contributed by atoms with E-state index in [2.05, 4.69) is 4.72 Å². The molecule has 0 unspecified atom stereocenters. The lowest BCUT2D eigenvalue weighted by molar-refractivity contribution is 0.414. The normalized spacial score (nSPS) is 11.1. The van der Waals surface area contributed by atoms with Gasteiger partial charge in [-0.3, -0.25) is 4.72 Å². The number of phenols is 1. The van der Waals surface area contributed by atoms with E-state index in [1.54, 1.807) is 24.3 Å². The van der Waals surface area contributed by atoms with Gasteiger partial charge in [-0.25, -0.2) is 8.42 Å². The summed E-state index contributed by atoms with van der Waals surface area (Å²) in [5.74, 6) is 0.440. The average molecular weight is 369 g/mol. The Morgan fingerprint density at radius 2 is 1.62 bits per heavy atom. The molecule has 5 nitrogen and oxygen atoms in total. The number of benzene rings is 3. The molecule has 26 heavy (non-hydrogen) atoms. The van der Waals surface area contributed by atoms with Crippen molar-refractivity contribution in [2.45, 2.75) is 11.3 Å². The van der Waals surface area contributed by atoms with E-state index in [4.69, 9.17) is 4.74 Å². The minimum Gasteiger partial charge on any atom is -0.506 e. The van der Waals surface area contributed by atoms with Crippen LogP contribution in [-0.4, -0.2) is 20.6 Å². The summed E-state index contributed by atoms with van der Waals surface area (Å²) in [6, 6.07) is 20.8. The molecule has 0 saturated heterocycles. The summed E-state index contributed by atoms with van der Waals surface area (Å²) < 4.78 is 32.6. The van der Waals surface area contributed by atoms with Crippen LogP contribution in [0.3, 0.4) is 0 Å². The summed E-state index contributed by atoms with van der Waals surface area (Å²) in [4.78, 5) is 0.0890. The van der Waals surface area contributed by atoms with Crippen molar-refractivity contribution in [2.24, 2.45) is 0 Å². The van der Waals surface area contributed by atoms with Gasteiger partial charge in [-0.05, 0) is 53.9 Å². The molecular formula is C20H19NO4S. The van der Waals surface area contributed by atoms with Crippen molar-refractivity contribution in [3.63, 3.8) is 0 Å². The average Bonchev–Trinajstić information content (AvgIpc) is 2.65. The van der Waals surface area contributed by atoms with E-state index in [9.17, 15) is 13.5 Å². The van der Waals surface area contributed by atoms with Crippen LogP contribution in [0.15, 0.2) is 77.7 Å². The first kappa shape index (κ1) is 17.8. The van der Waals surface area contributed by atoms with Crippen molar-refractivity contribution in [1.82, 2.24) is 0 Å². The molecular weight excluding hydrogens is 350 g/mol. The van der Waals surface area contributed by atoms with Crippen molar-refractivity contribution in [3.05, 3.63) is 83.9 Å². The number of anilines is 1. The second-order valence-electron chi connectivity index (χ2n) is 5.79. The lowest BCUT2D eigenvalue weighted by Gasteiger charge is -2.12. The Bertz CT molecular complexity index is 984. The Balaban J connectivity index is 1.85. The van der Waals surface area contributed by atoms with Gasteiger partial charge in [-0.1, -0.05) is 36.4 Å². The number of methoxy groups -OCH3 is 1.